The molecule has 1 aromatic heterocycles. The average molecular weight is 385 g/mol. The molecule has 0 fully saturated rings. The predicted molar refractivity (Wildman–Crippen MR) is 106 cm³/mol. The van der Waals surface area contributed by atoms with Crippen LogP contribution >= 0.6 is 0 Å². The van der Waals surface area contributed by atoms with Gasteiger partial charge in [-0.2, -0.15) is 0 Å². The van der Waals surface area contributed by atoms with E-state index in [1.54, 1.807) is 47.5 Å². The summed E-state index contributed by atoms with van der Waals surface area (Å²) < 4.78 is 26.8. The second-order valence-electron chi connectivity index (χ2n) is 5.92. The van der Waals surface area contributed by atoms with E-state index in [2.05, 4.69) is 4.98 Å². The minimum Gasteiger partial charge on any atom is -0.493 e. The van der Waals surface area contributed by atoms with Gasteiger partial charge in [-0.05, 0) is 30.7 Å². The highest BCUT2D eigenvalue weighted by atomic mass is 16.5. The van der Waals surface area contributed by atoms with Crippen LogP contribution < -0.4 is 18.9 Å². The van der Waals surface area contributed by atoms with Gasteiger partial charge in [0.2, 0.25) is 0 Å². The van der Waals surface area contributed by atoms with Gasteiger partial charge < -0.3 is 28.7 Å². The zero-order valence-electron chi connectivity index (χ0n) is 16.5. The summed E-state index contributed by atoms with van der Waals surface area (Å²) >= 11 is 0. The fourth-order valence-electron chi connectivity index (χ4n) is 3.17. The molecule has 1 heterocycles. The molecule has 0 radical (unpaired) electrons. The summed E-state index contributed by atoms with van der Waals surface area (Å²) in [6, 6.07) is 9.10. The fourth-order valence-corrected chi connectivity index (χ4v) is 3.17. The molecular formula is C21H23NO6. The summed E-state index contributed by atoms with van der Waals surface area (Å²) in [7, 11) is 6.27. The molecule has 0 aliphatic rings. The second-order valence-corrected chi connectivity index (χ2v) is 5.92. The second kappa shape index (κ2) is 8.12. The van der Waals surface area contributed by atoms with Crippen molar-refractivity contribution in [1.29, 1.82) is 0 Å². The van der Waals surface area contributed by atoms with E-state index in [9.17, 15) is 4.79 Å². The van der Waals surface area contributed by atoms with Gasteiger partial charge in [-0.1, -0.05) is 6.07 Å². The number of aromatic nitrogens is 1. The molecule has 28 heavy (non-hydrogen) atoms. The SMILES string of the molecule is CCOC(=O)c1[nH]c2cc(OC)c(OC)cc2c1-c1ccc(OC)c(OC)c1. The summed E-state index contributed by atoms with van der Waals surface area (Å²) in [6.45, 7) is 2.04. The van der Waals surface area contributed by atoms with Crippen LogP contribution in [0.3, 0.4) is 0 Å². The van der Waals surface area contributed by atoms with Crippen molar-refractivity contribution >= 4 is 16.9 Å². The predicted octanol–water partition coefficient (Wildman–Crippen LogP) is 4.05. The van der Waals surface area contributed by atoms with Gasteiger partial charge in [0.25, 0.3) is 0 Å². The Balaban J connectivity index is 2.31. The van der Waals surface area contributed by atoms with Crippen LogP contribution in [0.1, 0.15) is 17.4 Å². The van der Waals surface area contributed by atoms with Crippen molar-refractivity contribution in [3.05, 3.63) is 36.0 Å². The number of aromatic amines is 1. The van der Waals surface area contributed by atoms with Gasteiger partial charge in [-0.3, -0.25) is 0 Å². The van der Waals surface area contributed by atoms with Crippen molar-refractivity contribution in [2.24, 2.45) is 0 Å². The van der Waals surface area contributed by atoms with Crippen LogP contribution in [0.15, 0.2) is 30.3 Å². The summed E-state index contributed by atoms with van der Waals surface area (Å²) in [5.74, 6) is 1.84. The number of benzene rings is 2. The van der Waals surface area contributed by atoms with Crippen LogP contribution in [0.5, 0.6) is 23.0 Å². The lowest BCUT2D eigenvalue weighted by atomic mass is 10.0. The van der Waals surface area contributed by atoms with E-state index in [4.69, 9.17) is 23.7 Å². The summed E-state index contributed by atoms with van der Waals surface area (Å²) in [5, 5.41) is 0.799. The van der Waals surface area contributed by atoms with Gasteiger partial charge in [-0.15, -0.1) is 0 Å². The quantitative estimate of drug-likeness (QED) is 0.618. The van der Waals surface area contributed by atoms with E-state index in [0.29, 0.717) is 34.3 Å². The van der Waals surface area contributed by atoms with Crippen LogP contribution in [0, 0.1) is 0 Å². The van der Waals surface area contributed by atoms with Crippen LogP contribution in [0.25, 0.3) is 22.0 Å². The molecule has 1 N–H and O–H groups in total. The van der Waals surface area contributed by atoms with E-state index < -0.39 is 5.97 Å². The molecule has 0 saturated heterocycles. The number of fused-ring (bicyclic) bond motifs is 1. The molecule has 3 aromatic rings. The molecule has 148 valence electrons. The van der Waals surface area contributed by atoms with Crippen molar-refractivity contribution in [3.63, 3.8) is 0 Å². The Labute approximate surface area is 163 Å². The zero-order valence-corrected chi connectivity index (χ0v) is 16.5. The zero-order chi connectivity index (χ0) is 20.3. The molecule has 0 amide bonds. The van der Waals surface area contributed by atoms with Crippen LogP contribution in [-0.4, -0.2) is 46.0 Å². The monoisotopic (exact) mass is 385 g/mol. The van der Waals surface area contributed by atoms with Gasteiger partial charge in [0.15, 0.2) is 23.0 Å². The number of hydrogen-bond acceptors (Lipinski definition) is 6. The first-order valence-corrected chi connectivity index (χ1v) is 8.75. The van der Waals surface area contributed by atoms with E-state index >= 15 is 0 Å². The van der Waals surface area contributed by atoms with E-state index in [-0.39, 0.29) is 6.61 Å². The summed E-state index contributed by atoms with van der Waals surface area (Å²) in [4.78, 5) is 15.8. The van der Waals surface area contributed by atoms with Crippen molar-refractivity contribution in [3.8, 4) is 34.1 Å². The number of carbonyl (C=O) groups is 1. The number of esters is 1. The smallest absolute Gasteiger partial charge is 0.355 e. The third kappa shape index (κ3) is 3.31. The van der Waals surface area contributed by atoms with E-state index in [0.717, 1.165) is 16.5 Å². The van der Waals surface area contributed by atoms with Gasteiger partial charge in [0.05, 0.1) is 40.6 Å². The number of methoxy groups -OCH3 is 4. The van der Waals surface area contributed by atoms with E-state index in [1.165, 1.54) is 0 Å². The number of ether oxygens (including phenoxy) is 5. The highest BCUT2D eigenvalue weighted by Crippen LogP contribution is 2.41. The van der Waals surface area contributed by atoms with Crippen molar-refractivity contribution in [2.45, 2.75) is 6.92 Å². The average Bonchev–Trinajstić information content (AvgIpc) is 3.10. The molecule has 0 unspecified atom stereocenters. The normalized spacial score (nSPS) is 10.6. The topological polar surface area (TPSA) is 79.0 Å². The van der Waals surface area contributed by atoms with Gasteiger partial charge in [0.1, 0.15) is 5.69 Å². The third-order valence-electron chi connectivity index (χ3n) is 4.45. The number of carbonyl (C=O) groups excluding carboxylic acids is 1. The Bertz CT molecular complexity index is 1010. The molecule has 0 spiro atoms. The molecule has 0 atom stereocenters. The molecule has 2 aromatic carbocycles. The Kier molecular flexibility index (Phi) is 5.63. The molecule has 0 bridgehead atoms. The number of H-pyrrole nitrogens is 1. The minimum atomic E-state index is -0.443. The number of rotatable bonds is 7. The molecule has 0 aliphatic carbocycles. The largest absolute Gasteiger partial charge is 0.493 e. The van der Waals surface area contributed by atoms with Gasteiger partial charge in [0, 0.05) is 17.0 Å². The Morgan fingerprint density at radius 3 is 2.07 bits per heavy atom. The highest BCUT2D eigenvalue weighted by molar-refractivity contribution is 6.09. The Morgan fingerprint density at radius 2 is 1.46 bits per heavy atom. The minimum absolute atomic E-state index is 0.270. The first-order valence-electron chi connectivity index (χ1n) is 8.75. The summed E-state index contributed by atoms with van der Waals surface area (Å²) in [6.07, 6.45) is 0. The van der Waals surface area contributed by atoms with Gasteiger partial charge >= 0.3 is 5.97 Å². The van der Waals surface area contributed by atoms with Gasteiger partial charge in [-0.25, -0.2) is 4.79 Å². The molecule has 7 nitrogen and oxygen atoms in total. The first-order chi connectivity index (χ1) is 13.6. The van der Waals surface area contributed by atoms with Crippen molar-refractivity contribution in [1.82, 2.24) is 4.98 Å². The highest BCUT2D eigenvalue weighted by Gasteiger charge is 2.23. The van der Waals surface area contributed by atoms with Crippen LogP contribution in [0.4, 0.5) is 0 Å². The third-order valence-corrected chi connectivity index (χ3v) is 4.45. The number of hydrogen-bond donors (Lipinski definition) is 1. The maximum absolute atomic E-state index is 12.6. The summed E-state index contributed by atoms with van der Waals surface area (Å²) in [5.41, 5.74) is 2.54. The maximum atomic E-state index is 12.6. The maximum Gasteiger partial charge on any atom is 0.355 e. The lowest BCUT2D eigenvalue weighted by molar-refractivity contribution is 0.0521. The lowest BCUT2D eigenvalue weighted by Crippen LogP contribution is -2.06. The fraction of sp³-hybridized carbons (Fsp3) is 0.286. The van der Waals surface area contributed by atoms with Crippen LogP contribution in [0.2, 0.25) is 0 Å². The standard InChI is InChI=1S/C21H23NO6/c1-6-28-21(23)20-19(12-7-8-15(24-2)16(9-12)25-3)13-10-17(26-4)18(27-5)11-14(13)22-20/h7-11,22H,6H2,1-5H3. The van der Waals surface area contributed by atoms with Crippen LogP contribution in [-0.2, 0) is 4.74 Å². The molecule has 0 saturated carbocycles. The molecule has 7 heteroatoms. The number of nitrogens with one attached hydrogen (secondary N) is 1. The first kappa shape index (κ1) is 19.4. The molecular weight excluding hydrogens is 362 g/mol. The molecule has 0 aliphatic heterocycles. The Hall–Kier alpha value is -3.35. The van der Waals surface area contributed by atoms with Crippen molar-refractivity contribution in [2.75, 3.05) is 35.0 Å². The Morgan fingerprint density at radius 1 is 0.857 bits per heavy atom. The van der Waals surface area contributed by atoms with Crippen molar-refractivity contribution < 1.29 is 28.5 Å². The lowest BCUT2D eigenvalue weighted by Gasteiger charge is -2.11. The molecule has 3 rings (SSSR count). The van der Waals surface area contributed by atoms with E-state index in [1.807, 2.05) is 18.2 Å².